The van der Waals surface area contributed by atoms with E-state index >= 15 is 0 Å². The second-order valence-corrected chi connectivity index (χ2v) is 11.8. The number of amides is 1. The van der Waals surface area contributed by atoms with Gasteiger partial charge in [-0.15, -0.1) is 0 Å². The zero-order chi connectivity index (χ0) is 24.4. The van der Waals surface area contributed by atoms with Gasteiger partial charge in [0.2, 0.25) is 4.58 Å². The van der Waals surface area contributed by atoms with E-state index in [1.807, 2.05) is 0 Å². The molecule has 10 nitrogen and oxygen atoms in total. The maximum absolute atomic E-state index is 13.5. The summed E-state index contributed by atoms with van der Waals surface area (Å²) in [5.74, 6) is -5.72. The van der Waals surface area contributed by atoms with E-state index in [1.54, 1.807) is 24.3 Å². The Morgan fingerprint density at radius 1 is 0.727 bits per heavy atom. The monoisotopic (exact) mass is 495 g/mol. The van der Waals surface area contributed by atoms with E-state index in [0.717, 1.165) is 14.2 Å². The number of benzene rings is 2. The van der Waals surface area contributed by atoms with Crippen LogP contribution in [0.2, 0.25) is 0 Å². The Kier molecular flexibility index (Phi) is 6.89. The predicted octanol–water partition coefficient (Wildman–Crippen LogP) is 0.661. The van der Waals surface area contributed by atoms with Crippen LogP contribution in [0.3, 0.4) is 0 Å². The molecule has 176 valence electrons. The van der Waals surface area contributed by atoms with Crippen molar-refractivity contribution in [2.45, 2.75) is 21.0 Å². The fraction of sp³-hybridized carbons (Fsp3) is 0.286. The summed E-state index contributed by atoms with van der Waals surface area (Å²) in [6.45, 7) is 0. The highest BCUT2D eigenvalue weighted by atomic mass is 32.3. The molecule has 1 amide bonds. The van der Waals surface area contributed by atoms with Crippen LogP contribution in [0.25, 0.3) is 0 Å². The maximum Gasteiger partial charge on any atom is 0.324 e. The number of methoxy groups -OCH3 is 2. The minimum atomic E-state index is -5.06. The van der Waals surface area contributed by atoms with Crippen LogP contribution in [0, 0.1) is 0 Å². The summed E-state index contributed by atoms with van der Waals surface area (Å²) in [5, 5.41) is -2.07. The third-order valence-electron chi connectivity index (χ3n) is 5.26. The van der Waals surface area contributed by atoms with Crippen molar-refractivity contribution in [2.24, 2.45) is 0 Å². The van der Waals surface area contributed by atoms with Gasteiger partial charge in [0.05, 0.1) is 14.2 Å². The molecule has 33 heavy (non-hydrogen) atoms. The first-order valence-corrected chi connectivity index (χ1v) is 12.8. The molecule has 0 saturated carbocycles. The van der Waals surface area contributed by atoms with Crippen molar-refractivity contribution in [1.82, 2.24) is 0 Å². The van der Waals surface area contributed by atoms with Crippen LogP contribution in [0.15, 0.2) is 60.7 Å². The lowest BCUT2D eigenvalue weighted by atomic mass is 9.91. The summed E-state index contributed by atoms with van der Waals surface area (Å²) in [7, 11) is -8.26. The summed E-state index contributed by atoms with van der Waals surface area (Å²) in [5.41, 5.74) is 0.208. The Hall–Kier alpha value is -3.25. The van der Waals surface area contributed by atoms with Crippen molar-refractivity contribution in [1.29, 1.82) is 0 Å². The van der Waals surface area contributed by atoms with Crippen molar-refractivity contribution >= 4 is 43.2 Å². The minimum absolute atomic E-state index is 0.0809. The first kappa shape index (κ1) is 24.4. The van der Waals surface area contributed by atoms with E-state index < -0.39 is 58.5 Å². The zero-order valence-electron chi connectivity index (χ0n) is 17.6. The summed E-state index contributed by atoms with van der Waals surface area (Å²) < 4.78 is 60.6. The van der Waals surface area contributed by atoms with Crippen molar-refractivity contribution in [2.75, 3.05) is 19.5 Å². The van der Waals surface area contributed by atoms with Crippen LogP contribution in [-0.2, 0) is 43.5 Å². The third kappa shape index (κ3) is 4.35. The van der Waals surface area contributed by atoms with E-state index in [0.29, 0.717) is 0 Å². The molecule has 2 aromatic rings. The maximum atomic E-state index is 13.5. The predicted molar refractivity (Wildman–Crippen MR) is 117 cm³/mol. The number of esters is 2. The molecule has 1 saturated heterocycles. The van der Waals surface area contributed by atoms with Gasteiger partial charge in [0.25, 0.3) is 5.91 Å². The fourth-order valence-electron chi connectivity index (χ4n) is 3.86. The number of sulfone groups is 2. The molecule has 2 aromatic carbocycles. The van der Waals surface area contributed by atoms with E-state index in [-0.39, 0.29) is 11.3 Å². The fourth-order valence-corrected chi connectivity index (χ4v) is 9.60. The van der Waals surface area contributed by atoms with Crippen LogP contribution in [0.1, 0.15) is 11.5 Å². The number of para-hydroxylation sites is 1. The van der Waals surface area contributed by atoms with E-state index in [2.05, 4.69) is 14.8 Å². The molecule has 12 heteroatoms. The molecule has 1 aliphatic heterocycles. The first-order chi connectivity index (χ1) is 15.6. The van der Waals surface area contributed by atoms with Gasteiger partial charge in [-0.05, 0) is 17.7 Å². The Balaban J connectivity index is 2.26. The molecule has 1 aliphatic rings. The van der Waals surface area contributed by atoms with Gasteiger partial charge in [-0.3, -0.25) is 14.4 Å². The van der Waals surface area contributed by atoms with Gasteiger partial charge in [0.15, 0.2) is 30.2 Å². The van der Waals surface area contributed by atoms with Gasteiger partial charge in [0, 0.05) is 11.6 Å². The third-order valence-corrected chi connectivity index (χ3v) is 10.9. The number of rotatable bonds is 5. The Bertz CT molecular complexity index is 1210. The highest BCUT2D eigenvalue weighted by Gasteiger charge is 2.66. The van der Waals surface area contributed by atoms with Crippen LogP contribution < -0.4 is 5.32 Å². The number of anilines is 1. The van der Waals surface area contributed by atoms with E-state index in [1.165, 1.54) is 36.4 Å². The SMILES string of the molecule is COC(=O)[C@@H]1C(c2ccccc2)[C@@H](C(=O)OC)S(=O)(=O)C(C(=O)Nc2ccccc2)S1(=O)=O. The smallest absolute Gasteiger partial charge is 0.324 e. The summed E-state index contributed by atoms with van der Waals surface area (Å²) in [4.78, 5) is 38.3. The summed E-state index contributed by atoms with van der Waals surface area (Å²) in [6, 6.07) is 14.9. The minimum Gasteiger partial charge on any atom is -0.468 e. The lowest BCUT2D eigenvalue weighted by Crippen LogP contribution is -2.62. The number of hydrogen-bond donors (Lipinski definition) is 1. The summed E-state index contributed by atoms with van der Waals surface area (Å²) in [6.07, 6.45) is 0. The zero-order valence-corrected chi connectivity index (χ0v) is 19.2. The molecule has 2 atom stereocenters. The Morgan fingerprint density at radius 2 is 1.15 bits per heavy atom. The first-order valence-electron chi connectivity index (χ1n) is 9.59. The van der Waals surface area contributed by atoms with Gasteiger partial charge < -0.3 is 14.8 Å². The summed E-state index contributed by atoms with van der Waals surface area (Å²) >= 11 is 0. The molecule has 0 bridgehead atoms. The normalized spacial score (nSPS) is 25.4. The number of carbonyl (C=O) groups is 3. The molecule has 0 unspecified atom stereocenters. The van der Waals surface area contributed by atoms with Crippen LogP contribution in [0.4, 0.5) is 5.69 Å². The van der Waals surface area contributed by atoms with Gasteiger partial charge in [-0.2, -0.15) is 0 Å². The second-order valence-electron chi connectivity index (χ2n) is 7.19. The number of nitrogens with one attached hydrogen (secondary N) is 1. The second kappa shape index (κ2) is 9.32. The highest BCUT2D eigenvalue weighted by Crippen LogP contribution is 2.42. The molecule has 0 aromatic heterocycles. The number of ether oxygens (including phenoxy) is 2. The standard InChI is InChI=1S/C21H21NO9S2/c1-30-19(24)16-15(13-9-5-3-6-10-13)17(20(25)31-2)33(28,29)21(32(16,26)27)18(23)22-14-11-7-4-8-12-14/h3-12,15-17,21H,1-2H3,(H,22,23)/t15?,16-,17-,21?/m0/s1. The molecule has 3 rings (SSSR count). The highest BCUT2D eigenvalue weighted by molar-refractivity contribution is 8.12. The Labute approximate surface area is 190 Å². The molecule has 0 aliphatic carbocycles. The van der Waals surface area contributed by atoms with Crippen LogP contribution >= 0.6 is 0 Å². The van der Waals surface area contributed by atoms with Gasteiger partial charge >= 0.3 is 11.9 Å². The van der Waals surface area contributed by atoms with Gasteiger partial charge in [0.1, 0.15) is 0 Å². The number of hydrogen-bond acceptors (Lipinski definition) is 9. The molecular formula is C21H21NO9S2. The van der Waals surface area contributed by atoms with Gasteiger partial charge in [-0.1, -0.05) is 48.5 Å². The topological polar surface area (TPSA) is 150 Å². The molecule has 0 radical (unpaired) electrons. The van der Waals surface area contributed by atoms with Crippen molar-refractivity contribution in [3.8, 4) is 0 Å². The van der Waals surface area contributed by atoms with Crippen LogP contribution in [-0.4, -0.2) is 64.0 Å². The number of carbonyl (C=O) groups excluding carboxylic acids is 3. The lowest BCUT2D eigenvalue weighted by molar-refractivity contribution is -0.142. The molecular weight excluding hydrogens is 474 g/mol. The van der Waals surface area contributed by atoms with Crippen molar-refractivity contribution < 1.29 is 40.7 Å². The molecule has 1 N–H and O–H groups in total. The Morgan fingerprint density at radius 3 is 1.58 bits per heavy atom. The van der Waals surface area contributed by atoms with E-state index in [9.17, 15) is 31.2 Å². The lowest BCUT2D eigenvalue weighted by Gasteiger charge is -2.38. The molecule has 1 heterocycles. The molecule has 0 spiro atoms. The largest absolute Gasteiger partial charge is 0.468 e. The average Bonchev–Trinajstić information content (AvgIpc) is 2.78. The van der Waals surface area contributed by atoms with Crippen molar-refractivity contribution in [3.05, 3.63) is 66.2 Å². The van der Waals surface area contributed by atoms with Gasteiger partial charge in [-0.25, -0.2) is 16.8 Å². The quantitative estimate of drug-likeness (QED) is 0.590. The average molecular weight is 496 g/mol. The van der Waals surface area contributed by atoms with Crippen LogP contribution in [0.5, 0.6) is 0 Å². The molecule has 1 fully saturated rings. The van der Waals surface area contributed by atoms with Crippen molar-refractivity contribution in [3.63, 3.8) is 0 Å². The van der Waals surface area contributed by atoms with E-state index in [4.69, 9.17) is 0 Å².